The maximum Gasteiger partial charge on any atom is 0.242 e. The van der Waals surface area contributed by atoms with Crippen molar-refractivity contribution in [2.45, 2.75) is 33.5 Å². The average Bonchev–Trinajstić information content (AvgIpc) is 2.70. The molecule has 21 heavy (non-hydrogen) atoms. The zero-order chi connectivity index (χ0) is 15.6. The predicted molar refractivity (Wildman–Crippen MR) is 90.2 cm³/mol. The first-order valence-corrected chi connectivity index (χ1v) is 10.5. The van der Waals surface area contributed by atoms with Crippen molar-refractivity contribution in [2.75, 3.05) is 0 Å². The van der Waals surface area contributed by atoms with Gasteiger partial charge in [-0.1, -0.05) is 12.1 Å². The lowest BCUT2D eigenvalue weighted by atomic mass is 10.2. The minimum absolute atomic E-state index is 0.851. The van der Waals surface area contributed by atoms with Crippen LogP contribution in [-0.4, -0.2) is 23.6 Å². The lowest BCUT2D eigenvalue weighted by Gasteiger charge is -2.20. The first-order chi connectivity index (χ1) is 9.76. The van der Waals surface area contributed by atoms with Crippen LogP contribution in [0.5, 0.6) is 5.75 Å². The molecule has 0 N–H and O–H groups in total. The third kappa shape index (κ3) is 4.04. The van der Waals surface area contributed by atoms with E-state index in [2.05, 4.69) is 24.6 Å². The maximum absolute atomic E-state index is 6.10. The summed E-state index contributed by atoms with van der Waals surface area (Å²) in [6.45, 7) is 10.5. The van der Waals surface area contributed by atoms with Crippen LogP contribution in [0.2, 0.25) is 19.6 Å². The number of hydrogen-bond donors (Lipinski definition) is 0. The molecule has 0 fully saturated rings. The maximum atomic E-state index is 6.10. The Morgan fingerprint density at radius 3 is 2.48 bits per heavy atom. The molecule has 5 heteroatoms. The number of para-hydroxylation sites is 2. The van der Waals surface area contributed by atoms with Gasteiger partial charge in [0.05, 0.1) is 5.71 Å². The SMILES string of the molecule is CC(=Nc1ccccc1O[Si](C)(C)C)c1cn(C)c(C)n1. The predicted octanol–water partition coefficient (Wildman–Crippen LogP) is 4.08. The Labute approximate surface area is 127 Å². The van der Waals surface area contributed by atoms with Crippen molar-refractivity contribution in [1.29, 1.82) is 0 Å². The number of imidazole rings is 1. The Hall–Kier alpha value is -1.88. The van der Waals surface area contributed by atoms with E-state index in [9.17, 15) is 0 Å². The molecule has 0 saturated carbocycles. The van der Waals surface area contributed by atoms with E-state index in [-0.39, 0.29) is 0 Å². The number of benzene rings is 1. The van der Waals surface area contributed by atoms with Gasteiger partial charge in [0.1, 0.15) is 23.0 Å². The molecule has 2 rings (SSSR count). The number of nitrogens with zero attached hydrogens (tertiary/aromatic N) is 3. The molecule has 0 aliphatic rings. The van der Waals surface area contributed by atoms with Gasteiger partial charge in [0, 0.05) is 13.2 Å². The van der Waals surface area contributed by atoms with Gasteiger partial charge < -0.3 is 8.99 Å². The molecule has 0 spiro atoms. The topological polar surface area (TPSA) is 39.4 Å². The monoisotopic (exact) mass is 301 g/mol. The third-order valence-corrected chi connectivity index (χ3v) is 3.88. The van der Waals surface area contributed by atoms with Crippen LogP contribution in [-0.2, 0) is 7.05 Å². The largest absolute Gasteiger partial charge is 0.543 e. The highest BCUT2D eigenvalue weighted by molar-refractivity contribution is 6.70. The van der Waals surface area contributed by atoms with Gasteiger partial charge in [-0.15, -0.1) is 0 Å². The molecule has 0 aliphatic heterocycles. The Kier molecular flexibility index (Phi) is 4.32. The third-order valence-electron chi connectivity index (χ3n) is 3.05. The van der Waals surface area contributed by atoms with Gasteiger partial charge in [-0.3, -0.25) is 0 Å². The molecule has 112 valence electrons. The Morgan fingerprint density at radius 1 is 1.24 bits per heavy atom. The van der Waals surface area contributed by atoms with Crippen LogP contribution in [0.15, 0.2) is 35.5 Å². The summed E-state index contributed by atoms with van der Waals surface area (Å²) in [6, 6.07) is 7.92. The molecule has 1 aromatic heterocycles. The zero-order valence-corrected chi connectivity index (χ0v) is 14.6. The van der Waals surface area contributed by atoms with Crippen molar-refractivity contribution < 1.29 is 4.43 Å². The van der Waals surface area contributed by atoms with Gasteiger partial charge in [0.15, 0.2) is 0 Å². The minimum atomic E-state index is -1.65. The molecule has 0 unspecified atom stereocenters. The fraction of sp³-hybridized carbons (Fsp3) is 0.375. The average molecular weight is 301 g/mol. The fourth-order valence-electron chi connectivity index (χ4n) is 1.94. The van der Waals surface area contributed by atoms with Crippen molar-refractivity contribution in [3.8, 4) is 5.75 Å². The Bertz CT molecular complexity index is 649. The number of aromatic nitrogens is 2. The summed E-state index contributed by atoms with van der Waals surface area (Å²) in [4.78, 5) is 9.22. The summed E-state index contributed by atoms with van der Waals surface area (Å²) < 4.78 is 8.10. The molecular weight excluding hydrogens is 278 g/mol. The van der Waals surface area contributed by atoms with Gasteiger partial charge in [0.2, 0.25) is 8.32 Å². The molecule has 0 saturated heterocycles. The van der Waals surface area contributed by atoms with Gasteiger partial charge >= 0.3 is 0 Å². The van der Waals surface area contributed by atoms with E-state index >= 15 is 0 Å². The van der Waals surface area contributed by atoms with Gasteiger partial charge in [-0.2, -0.15) is 0 Å². The normalized spacial score (nSPS) is 12.6. The summed E-state index contributed by atoms with van der Waals surface area (Å²) >= 11 is 0. The van der Waals surface area contributed by atoms with Crippen molar-refractivity contribution in [3.05, 3.63) is 42.0 Å². The molecule has 0 atom stereocenters. The molecule has 0 bridgehead atoms. The minimum Gasteiger partial charge on any atom is -0.543 e. The second-order valence-corrected chi connectivity index (χ2v) is 10.6. The van der Waals surface area contributed by atoms with E-state index in [1.807, 2.05) is 55.9 Å². The van der Waals surface area contributed by atoms with Crippen molar-refractivity contribution >= 4 is 19.7 Å². The van der Waals surface area contributed by atoms with Gasteiger partial charge in [-0.05, 0) is 45.6 Å². The first-order valence-electron chi connectivity index (χ1n) is 7.10. The molecule has 0 amide bonds. The smallest absolute Gasteiger partial charge is 0.242 e. The van der Waals surface area contributed by atoms with E-state index in [1.54, 1.807) is 0 Å². The van der Waals surface area contributed by atoms with Crippen LogP contribution in [0.1, 0.15) is 18.4 Å². The van der Waals surface area contributed by atoms with E-state index < -0.39 is 8.32 Å². The molecule has 0 radical (unpaired) electrons. The highest BCUT2D eigenvalue weighted by Gasteiger charge is 2.18. The van der Waals surface area contributed by atoms with Gasteiger partial charge in [-0.25, -0.2) is 9.98 Å². The zero-order valence-electron chi connectivity index (χ0n) is 13.6. The Balaban J connectivity index is 2.36. The summed E-state index contributed by atoms with van der Waals surface area (Å²) in [6.07, 6.45) is 2.00. The van der Waals surface area contributed by atoms with Gasteiger partial charge in [0.25, 0.3) is 0 Å². The highest BCUT2D eigenvalue weighted by Crippen LogP contribution is 2.29. The molecule has 0 aliphatic carbocycles. The van der Waals surface area contributed by atoms with Crippen LogP contribution >= 0.6 is 0 Å². The summed E-state index contributed by atoms with van der Waals surface area (Å²) in [7, 11) is 0.334. The summed E-state index contributed by atoms with van der Waals surface area (Å²) in [5.74, 6) is 1.83. The van der Waals surface area contributed by atoms with E-state index in [4.69, 9.17) is 9.42 Å². The Morgan fingerprint density at radius 2 is 1.90 bits per heavy atom. The van der Waals surface area contributed by atoms with Crippen LogP contribution < -0.4 is 4.43 Å². The molecule has 1 aromatic carbocycles. The lowest BCUT2D eigenvalue weighted by Crippen LogP contribution is -2.29. The molecule has 4 nitrogen and oxygen atoms in total. The second-order valence-electron chi connectivity index (χ2n) is 6.16. The number of hydrogen-bond acceptors (Lipinski definition) is 3. The standard InChI is InChI=1S/C16H23N3OSi/c1-12(15-11-19(3)13(2)18-15)17-14-9-7-8-10-16(14)20-21(4,5)6/h7-11H,1-6H3. The van der Waals surface area contributed by atoms with Crippen molar-refractivity contribution in [3.63, 3.8) is 0 Å². The first kappa shape index (κ1) is 15.5. The van der Waals surface area contributed by atoms with Crippen molar-refractivity contribution in [1.82, 2.24) is 9.55 Å². The molecular formula is C16H23N3OSi. The van der Waals surface area contributed by atoms with Crippen LogP contribution in [0, 0.1) is 6.92 Å². The number of aryl methyl sites for hydroxylation is 2. The fourth-order valence-corrected chi connectivity index (χ4v) is 2.77. The van der Waals surface area contributed by atoms with Crippen LogP contribution in [0.25, 0.3) is 0 Å². The van der Waals surface area contributed by atoms with E-state index in [1.165, 1.54) is 0 Å². The number of rotatable bonds is 4. The highest BCUT2D eigenvalue weighted by atomic mass is 28.4. The van der Waals surface area contributed by atoms with Crippen LogP contribution in [0.3, 0.4) is 0 Å². The lowest BCUT2D eigenvalue weighted by molar-refractivity contribution is 0.559. The van der Waals surface area contributed by atoms with Crippen LogP contribution in [0.4, 0.5) is 5.69 Å². The second kappa shape index (κ2) is 5.85. The van der Waals surface area contributed by atoms with E-state index in [0.717, 1.165) is 28.7 Å². The molecule has 2 aromatic rings. The number of aliphatic imine (C=N–C) groups is 1. The molecule has 1 heterocycles. The van der Waals surface area contributed by atoms with E-state index in [0.29, 0.717) is 0 Å². The quantitative estimate of drug-likeness (QED) is 0.630. The summed E-state index contributed by atoms with van der Waals surface area (Å²) in [5, 5.41) is 0. The van der Waals surface area contributed by atoms with Crippen molar-refractivity contribution in [2.24, 2.45) is 12.0 Å². The summed E-state index contributed by atoms with van der Waals surface area (Å²) in [5.41, 5.74) is 2.66.